The second kappa shape index (κ2) is 6.32. The Morgan fingerprint density at radius 1 is 1.15 bits per heavy atom. The van der Waals surface area contributed by atoms with Crippen LogP contribution in [0.1, 0.15) is 65.7 Å². The Morgan fingerprint density at radius 3 is 2.78 bits per heavy atom. The second-order valence-electron chi connectivity index (χ2n) is 10.2. The van der Waals surface area contributed by atoms with Crippen molar-refractivity contribution in [2.45, 2.75) is 84.0 Å². The zero-order valence-electron chi connectivity index (χ0n) is 17.0. The van der Waals surface area contributed by atoms with E-state index < -0.39 is 0 Å². The van der Waals surface area contributed by atoms with Gasteiger partial charge in [0.05, 0.1) is 25.4 Å². The second-order valence-corrected chi connectivity index (χ2v) is 10.2. The van der Waals surface area contributed by atoms with Gasteiger partial charge in [-0.1, -0.05) is 25.5 Å². The molecule has 0 N–H and O–H groups in total. The smallest absolute Gasteiger partial charge is 0.302 e. The Kier molecular flexibility index (Phi) is 4.25. The number of fused-ring (bicyclic) bond motifs is 7. The molecule has 4 nitrogen and oxygen atoms in total. The Hall–Kier alpha value is -0.870. The fraction of sp³-hybridized carbons (Fsp3) is 0.870. The van der Waals surface area contributed by atoms with Gasteiger partial charge in [0.15, 0.2) is 0 Å². The number of esters is 1. The molecule has 8 atom stereocenters. The van der Waals surface area contributed by atoms with Gasteiger partial charge in [0, 0.05) is 13.3 Å². The first-order valence-electron chi connectivity index (χ1n) is 11.0. The first-order chi connectivity index (χ1) is 12.9. The molecule has 3 saturated carbocycles. The van der Waals surface area contributed by atoms with Crippen LogP contribution in [-0.4, -0.2) is 37.5 Å². The number of ether oxygens (including phenoxy) is 3. The number of hydrogen-bond donors (Lipinski definition) is 0. The zero-order valence-corrected chi connectivity index (χ0v) is 17.0. The highest BCUT2D eigenvalue weighted by Crippen LogP contribution is 2.65. The highest BCUT2D eigenvalue weighted by molar-refractivity contribution is 5.66. The maximum absolute atomic E-state index is 11.4. The molecule has 0 spiro atoms. The zero-order chi connectivity index (χ0) is 18.8. The van der Waals surface area contributed by atoms with Crippen molar-refractivity contribution >= 4 is 5.97 Å². The van der Waals surface area contributed by atoms with Gasteiger partial charge in [0.25, 0.3) is 0 Å². The van der Waals surface area contributed by atoms with Crippen molar-refractivity contribution in [3.05, 3.63) is 11.6 Å². The molecule has 4 fully saturated rings. The molecular formula is C23H34O4. The van der Waals surface area contributed by atoms with Crippen molar-refractivity contribution in [3.8, 4) is 0 Å². The van der Waals surface area contributed by atoms with Crippen LogP contribution in [0.4, 0.5) is 0 Å². The van der Waals surface area contributed by atoms with Gasteiger partial charge in [-0.15, -0.1) is 0 Å². The van der Waals surface area contributed by atoms with E-state index in [2.05, 4.69) is 19.9 Å². The van der Waals surface area contributed by atoms with E-state index in [0.717, 1.165) is 44.3 Å². The minimum Gasteiger partial charge on any atom is -0.462 e. The fourth-order valence-electron chi connectivity index (χ4n) is 7.73. The normalized spacial score (nSPS) is 51.3. The topological polar surface area (TPSA) is 44.8 Å². The molecule has 0 aromatic rings. The lowest BCUT2D eigenvalue weighted by molar-refractivity contribution is -0.167. The number of carbonyl (C=O) groups excluding carboxylic acids is 1. The van der Waals surface area contributed by atoms with E-state index in [1.165, 1.54) is 32.6 Å². The molecule has 150 valence electrons. The largest absolute Gasteiger partial charge is 0.462 e. The third kappa shape index (κ3) is 2.66. The molecule has 27 heavy (non-hydrogen) atoms. The van der Waals surface area contributed by atoms with E-state index in [1.807, 2.05) is 0 Å². The Bertz CT molecular complexity index is 657. The van der Waals surface area contributed by atoms with Crippen molar-refractivity contribution in [2.75, 3.05) is 13.2 Å². The van der Waals surface area contributed by atoms with E-state index in [1.54, 1.807) is 5.57 Å². The summed E-state index contributed by atoms with van der Waals surface area (Å²) in [6.45, 7) is 8.03. The maximum Gasteiger partial charge on any atom is 0.302 e. The van der Waals surface area contributed by atoms with E-state index in [9.17, 15) is 4.79 Å². The lowest BCUT2D eigenvalue weighted by Crippen LogP contribution is -2.52. The van der Waals surface area contributed by atoms with Crippen LogP contribution in [0.25, 0.3) is 0 Å². The van der Waals surface area contributed by atoms with Gasteiger partial charge in [-0.05, 0) is 67.1 Å². The number of hydrogen-bond acceptors (Lipinski definition) is 4. The molecule has 0 aromatic carbocycles. The van der Waals surface area contributed by atoms with Crippen molar-refractivity contribution in [2.24, 2.45) is 28.6 Å². The van der Waals surface area contributed by atoms with Crippen LogP contribution in [0.15, 0.2) is 11.6 Å². The minimum atomic E-state index is -0.139. The lowest BCUT2D eigenvalue weighted by atomic mass is 9.48. The molecule has 0 bridgehead atoms. The van der Waals surface area contributed by atoms with Crippen LogP contribution >= 0.6 is 0 Å². The van der Waals surface area contributed by atoms with Crippen LogP contribution in [0.5, 0.6) is 0 Å². The summed E-state index contributed by atoms with van der Waals surface area (Å²) in [5.74, 6) is 2.08. The van der Waals surface area contributed by atoms with Crippen molar-refractivity contribution in [3.63, 3.8) is 0 Å². The maximum atomic E-state index is 11.4. The molecule has 0 radical (unpaired) electrons. The number of allylic oxidation sites excluding steroid dienone is 1. The van der Waals surface area contributed by atoms with E-state index in [-0.39, 0.29) is 22.9 Å². The summed E-state index contributed by atoms with van der Waals surface area (Å²) in [7, 11) is 0. The SMILES string of the molecule is CC(=O)O[C@H]1CC[C@@]2(C)C(=CC[C@@H]3[C@@H]2CC[C@]2(C)C4OCCOC4C[C@@H]32)C1. The van der Waals surface area contributed by atoms with E-state index >= 15 is 0 Å². The van der Waals surface area contributed by atoms with Crippen molar-refractivity contribution in [1.29, 1.82) is 0 Å². The van der Waals surface area contributed by atoms with Crippen LogP contribution in [0.3, 0.4) is 0 Å². The van der Waals surface area contributed by atoms with E-state index in [4.69, 9.17) is 14.2 Å². The predicted molar refractivity (Wildman–Crippen MR) is 102 cm³/mol. The first-order valence-corrected chi connectivity index (χ1v) is 11.0. The van der Waals surface area contributed by atoms with Gasteiger partial charge in [-0.25, -0.2) is 0 Å². The van der Waals surface area contributed by atoms with Crippen LogP contribution < -0.4 is 0 Å². The van der Waals surface area contributed by atoms with Crippen molar-refractivity contribution in [1.82, 2.24) is 0 Å². The molecular weight excluding hydrogens is 340 g/mol. The third-order valence-corrected chi connectivity index (χ3v) is 9.02. The van der Waals surface area contributed by atoms with Gasteiger partial charge in [0.2, 0.25) is 0 Å². The highest BCUT2D eigenvalue weighted by atomic mass is 16.6. The molecule has 5 rings (SSSR count). The van der Waals surface area contributed by atoms with Gasteiger partial charge >= 0.3 is 5.97 Å². The predicted octanol–water partition coefficient (Wildman–Crippen LogP) is 4.27. The minimum absolute atomic E-state index is 0.0865. The van der Waals surface area contributed by atoms with E-state index in [0.29, 0.717) is 18.1 Å². The molecule has 4 aliphatic carbocycles. The number of rotatable bonds is 1. The molecule has 4 heteroatoms. The molecule has 0 amide bonds. The Labute approximate surface area is 163 Å². The van der Waals surface area contributed by atoms with Gasteiger partial charge in [-0.2, -0.15) is 0 Å². The monoisotopic (exact) mass is 374 g/mol. The van der Waals surface area contributed by atoms with Crippen LogP contribution in [0, 0.1) is 28.6 Å². The highest BCUT2D eigenvalue weighted by Gasteiger charge is 2.62. The molecule has 1 aliphatic heterocycles. The van der Waals surface area contributed by atoms with Crippen molar-refractivity contribution < 1.29 is 19.0 Å². The molecule has 2 unspecified atom stereocenters. The Balaban J connectivity index is 1.41. The molecule has 0 aromatic heterocycles. The summed E-state index contributed by atoms with van der Waals surface area (Å²) >= 11 is 0. The summed E-state index contributed by atoms with van der Waals surface area (Å²) in [5.41, 5.74) is 2.13. The summed E-state index contributed by atoms with van der Waals surface area (Å²) in [6, 6.07) is 0. The lowest BCUT2D eigenvalue weighted by Gasteiger charge is -2.57. The summed E-state index contributed by atoms with van der Waals surface area (Å²) < 4.78 is 17.9. The van der Waals surface area contributed by atoms with Gasteiger partial charge in [-0.3, -0.25) is 4.79 Å². The Morgan fingerprint density at radius 2 is 1.96 bits per heavy atom. The summed E-state index contributed by atoms with van der Waals surface area (Å²) in [6.07, 6.45) is 11.3. The van der Waals surface area contributed by atoms with Gasteiger partial charge in [0.1, 0.15) is 6.10 Å². The fourth-order valence-corrected chi connectivity index (χ4v) is 7.73. The standard InChI is InChI=1S/C23H34O4/c1-14(24)27-16-6-8-22(2)15(12-16)4-5-17-18(22)7-9-23(3)19(17)13-20-21(23)26-11-10-25-20/h4,16-21H,5-13H2,1-3H3/t16-,17+,18-,19-,20?,21?,22-,23-/m0/s1. The average molecular weight is 375 g/mol. The number of carbonyl (C=O) groups is 1. The quantitative estimate of drug-likeness (QED) is 0.508. The van der Waals surface area contributed by atoms with Crippen LogP contribution in [0.2, 0.25) is 0 Å². The van der Waals surface area contributed by atoms with Gasteiger partial charge < -0.3 is 14.2 Å². The molecule has 5 aliphatic rings. The summed E-state index contributed by atoms with van der Waals surface area (Å²) in [4.78, 5) is 11.4. The third-order valence-electron chi connectivity index (χ3n) is 9.02. The first kappa shape index (κ1) is 18.2. The van der Waals surface area contributed by atoms with Crippen LogP contribution in [-0.2, 0) is 19.0 Å². The molecule has 1 heterocycles. The average Bonchev–Trinajstić information content (AvgIpc) is 2.95. The summed E-state index contributed by atoms with van der Waals surface area (Å²) in [5, 5.41) is 0. The molecule has 1 saturated heterocycles.